The normalized spacial score (nSPS) is 9.80. The summed E-state index contributed by atoms with van der Waals surface area (Å²) in [4.78, 5) is 13.4. The second kappa shape index (κ2) is 8.31. The van der Waals surface area contributed by atoms with E-state index in [1.54, 1.807) is 13.0 Å². The highest BCUT2D eigenvalue weighted by Crippen LogP contribution is 2.12. The molecule has 0 aliphatic rings. The summed E-state index contributed by atoms with van der Waals surface area (Å²) in [6, 6.07) is 4.15. The molecule has 1 rings (SSSR count). The number of benzene rings is 1. The van der Waals surface area contributed by atoms with Gasteiger partial charge in [0.25, 0.3) is 5.91 Å². The summed E-state index contributed by atoms with van der Waals surface area (Å²) in [5.74, 6) is 4.31. The van der Waals surface area contributed by atoms with E-state index in [1.165, 1.54) is 17.0 Å². The molecule has 0 saturated carbocycles. The second-order valence-corrected chi connectivity index (χ2v) is 4.08. The van der Waals surface area contributed by atoms with Gasteiger partial charge in [0.05, 0.1) is 18.8 Å². The van der Waals surface area contributed by atoms with E-state index in [9.17, 15) is 9.18 Å². The molecule has 1 amide bonds. The summed E-state index contributed by atoms with van der Waals surface area (Å²) < 4.78 is 13.9. The SMILES string of the molecule is CCN(CCO)C(=O)c1ccc(C#CCCO)cc1F. The molecule has 0 aliphatic heterocycles. The number of aliphatic hydroxyl groups is 2. The Labute approximate surface area is 117 Å². The Morgan fingerprint density at radius 1 is 1.35 bits per heavy atom. The Kier molecular flexibility index (Phi) is 6.71. The monoisotopic (exact) mass is 279 g/mol. The van der Waals surface area contributed by atoms with E-state index in [-0.39, 0.29) is 25.3 Å². The Balaban J connectivity index is 2.93. The molecule has 0 aliphatic carbocycles. The number of carbonyl (C=O) groups excluding carboxylic acids is 1. The predicted molar refractivity (Wildman–Crippen MR) is 73.6 cm³/mol. The van der Waals surface area contributed by atoms with E-state index in [0.29, 0.717) is 18.5 Å². The van der Waals surface area contributed by atoms with E-state index in [4.69, 9.17) is 10.2 Å². The summed E-state index contributed by atoms with van der Waals surface area (Å²) in [6.45, 7) is 2.13. The van der Waals surface area contributed by atoms with Crippen molar-refractivity contribution in [1.82, 2.24) is 4.90 Å². The van der Waals surface area contributed by atoms with Gasteiger partial charge in [0, 0.05) is 25.1 Å². The molecule has 0 heterocycles. The molecule has 0 unspecified atom stereocenters. The molecule has 0 radical (unpaired) electrons. The highest BCUT2D eigenvalue weighted by molar-refractivity contribution is 5.94. The van der Waals surface area contributed by atoms with Crippen molar-refractivity contribution < 1.29 is 19.4 Å². The van der Waals surface area contributed by atoms with Crippen molar-refractivity contribution in [3.8, 4) is 11.8 Å². The number of nitrogens with zero attached hydrogens (tertiary/aromatic N) is 1. The number of carbonyl (C=O) groups is 1. The quantitative estimate of drug-likeness (QED) is 0.791. The number of amides is 1. The number of aliphatic hydroxyl groups excluding tert-OH is 2. The molecular formula is C15H18FNO3. The van der Waals surface area contributed by atoms with Crippen LogP contribution in [0.2, 0.25) is 0 Å². The van der Waals surface area contributed by atoms with E-state index in [0.717, 1.165) is 0 Å². The first kappa shape index (κ1) is 16.2. The summed E-state index contributed by atoms with van der Waals surface area (Å²) in [7, 11) is 0. The van der Waals surface area contributed by atoms with Crippen molar-refractivity contribution >= 4 is 5.91 Å². The third-order valence-corrected chi connectivity index (χ3v) is 2.71. The van der Waals surface area contributed by atoms with Gasteiger partial charge in [0.2, 0.25) is 0 Å². The standard InChI is InChI=1S/C15H18FNO3/c1-2-17(8-10-19)15(20)13-7-6-12(11-14(13)16)5-3-4-9-18/h6-7,11,18-19H,2,4,8-10H2,1H3. The van der Waals surface area contributed by atoms with Crippen molar-refractivity contribution in [3.05, 3.63) is 35.1 Å². The van der Waals surface area contributed by atoms with Crippen LogP contribution in [0.3, 0.4) is 0 Å². The van der Waals surface area contributed by atoms with Gasteiger partial charge in [-0.1, -0.05) is 11.8 Å². The first-order valence-electron chi connectivity index (χ1n) is 6.43. The molecule has 0 aromatic heterocycles. The van der Waals surface area contributed by atoms with Gasteiger partial charge in [-0.25, -0.2) is 4.39 Å². The molecule has 20 heavy (non-hydrogen) atoms. The molecule has 1 aromatic rings. The van der Waals surface area contributed by atoms with Crippen LogP contribution in [0.25, 0.3) is 0 Å². The lowest BCUT2D eigenvalue weighted by molar-refractivity contribution is 0.0727. The minimum absolute atomic E-state index is 0.0343. The van der Waals surface area contributed by atoms with Crippen molar-refractivity contribution in [2.75, 3.05) is 26.3 Å². The maximum absolute atomic E-state index is 13.9. The van der Waals surface area contributed by atoms with Crippen LogP contribution in [-0.2, 0) is 0 Å². The molecular weight excluding hydrogens is 261 g/mol. The molecule has 5 heteroatoms. The lowest BCUT2D eigenvalue weighted by Crippen LogP contribution is -2.33. The number of hydrogen-bond acceptors (Lipinski definition) is 3. The van der Waals surface area contributed by atoms with E-state index >= 15 is 0 Å². The summed E-state index contributed by atoms with van der Waals surface area (Å²) in [5, 5.41) is 17.5. The lowest BCUT2D eigenvalue weighted by atomic mass is 10.1. The Morgan fingerprint density at radius 3 is 2.65 bits per heavy atom. The molecule has 1 aromatic carbocycles. The molecule has 0 spiro atoms. The zero-order valence-corrected chi connectivity index (χ0v) is 11.4. The molecule has 4 nitrogen and oxygen atoms in total. The van der Waals surface area contributed by atoms with Gasteiger partial charge < -0.3 is 15.1 Å². The summed E-state index contributed by atoms with van der Waals surface area (Å²) >= 11 is 0. The largest absolute Gasteiger partial charge is 0.395 e. The van der Waals surface area contributed by atoms with Crippen LogP contribution >= 0.6 is 0 Å². The Hall–Kier alpha value is -1.90. The average molecular weight is 279 g/mol. The zero-order valence-electron chi connectivity index (χ0n) is 11.4. The smallest absolute Gasteiger partial charge is 0.256 e. The minimum Gasteiger partial charge on any atom is -0.395 e. The zero-order chi connectivity index (χ0) is 15.0. The van der Waals surface area contributed by atoms with Gasteiger partial charge in [0.15, 0.2) is 0 Å². The maximum Gasteiger partial charge on any atom is 0.256 e. The first-order chi connectivity index (χ1) is 9.63. The minimum atomic E-state index is -0.637. The lowest BCUT2D eigenvalue weighted by Gasteiger charge is -2.19. The summed E-state index contributed by atoms with van der Waals surface area (Å²) in [5.41, 5.74) is 0.422. The average Bonchev–Trinajstić information content (AvgIpc) is 2.44. The molecule has 0 atom stereocenters. The van der Waals surface area contributed by atoms with Gasteiger partial charge >= 0.3 is 0 Å². The fourth-order valence-corrected chi connectivity index (χ4v) is 1.68. The highest BCUT2D eigenvalue weighted by atomic mass is 19.1. The van der Waals surface area contributed by atoms with Crippen LogP contribution < -0.4 is 0 Å². The number of rotatable bonds is 5. The van der Waals surface area contributed by atoms with Gasteiger partial charge in [-0.2, -0.15) is 0 Å². The number of likely N-dealkylation sites (N-methyl/N-ethyl adjacent to an activating group) is 1. The van der Waals surface area contributed by atoms with E-state index in [1.807, 2.05) is 0 Å². The van der Waals surface area contributed by atoms with Crippen LogP contribution in [0.5, 0.6) is 0 Å². The molecule has 0 fully saturated rings. The second-order valence-electron chi connectivity index (χ2n) is 4.08. The van der Waals surface area contributed by atoms with Gasteiger partial charge in [-0.05, 0) is 25.1 Å². The molecule has 108 valence electrons. The van der Waals surface area contributed by atoms with Crippen LogP contribution in [0, 0.1) is 17.7 Å². The highest BCUT2D eigenvalue weighted by Gasteiger charge is 2.17. The predicted octanol–water partition coefficient (Wildman–Crippen LogP) is 1.01. The third kappa shape index (κ3) is 4.34. The fourth-order valence-electron chi connectivity index (χ4n) is 1.68. The van der Waals surface area contributed by atoms with Crippen molar-refractivity contribution in [3.63, 3.8) is 0 Å². The van der Waals surface area contributed by atoms with Crippen molar-refractivity contribution in [2.45, 2.75) is 13.3 Å². The third-order valence-electron chi connectivity index (χ3n) is 2.71. The molecule has 2 N–H and O–H groups in total. The number of halogens is 1. The first-order valence-corrected chi connectivity index (χ1v) is 6.43. The molecule has 0 saturated heterocycles. The van der Waals surface area contributed by atoms with Crippen LogP contribution in [0.15, 0.2) is 18.2 Å². The van der Waals surface area contributed by atoms with Crippen LogP contribution in [0.4, 0.5) is 4.39 Å². The van der Waals surface area contributed by atoms with Crippen molar-refractivity contribution in [2.24, 2.45) is 0 Å². The van der Waals surface area contributed by atoms with Gasteiger partial charge in [-0.3, -0.25) is 4.79 Å². The van der Waals surface area contributed by atoms with Gasteiger partial charge in [0.1, 0.15) is 5.82 Å². The topological polar surface area (TPSA) is 60.8 Å². The number of hydrogen-bond donors (Lipinski definition) is 2. The van der Waals surface area contributed by atoms with E-state index < -0.39 is 11.7 Å². The molecule has 0 bridgehead atoms. The van der Waals surface area contributed by atoms with E-state index in [2.05, 4.69) is 11.8 Å². The Morgan fingerprint density at radius 2 is 2.10 bits per heavy atom. The Bertz CT molecular complexity index is 520. The maximum atomic E-state index is 13.9. The summed E-state index contributed by atoms with van der Waals surface area (Å²) in [6.07, 6.45) is 0.322. The van der Waals surface area contributed by atoms with Crippen LogP contribution in [-0.4, -0.2) is 47.3 Å². The van der Waals surface area contributed by atoms with Crippen LogP contribution in [0.1, 0.15) is 29.3 Å². The van der Waals surface area contributed by atoms with Gasteiger partial charge in [-0.15, -0.1) is 0 Å². The van der Waals surface area contributed by atoms with Crippen molar-refractivity contribution in [1.29, 1.82) is 0 Å². The fraction of sp³-hybridized carbons (Fsp3) is 0.400.